The molecule has 0 spiro atoms. The molecule has 1 aliphatic rings. The number of hydrogen-bond acceptors (Lipinski definition) is 4. The molecule has 0 aliphatic heterocycles. The van der Waals surface area contributed by atoms with Crippen LogP contribution < -0.4 is 0 Å². The van der Waals surface area contributed by atoms with E-state index in [0.717, 1.165) is 42.0 Å². The largest absolute Gasteiger partial charge is 0.360 e. The van der Waals surface area contributed by atoms with E-state index in [1.54, 1.807) is 0 Å². The quantitative estimate of drug-likeness (QED) is 0.818. The standard InChI is InChI=1S/C14H21NO2S/c1-4-11-14-12(16)7-10(6-9(3)18-5-2)8-13(14)17-15-11/h9-10H,4-8H2,1-3H3/t9-,10+/m1/s1. The van der Waals surface area contributed by atoms with Crippen LogP contribution in [0.25, 0.3) is 0 Å². The summed E-state index contributed by atoms with van der Waals surface area (Å²) < 4.78 is 5.34. The van der Waals surface area contributed by atoms with Crippen molar-refractivity contribution in [2.24, 2.45) is 5.92 Å². The van der Waals surface area contributed by atoms with E-state index in [1.807, 2.05) is 18.7 Å². The van der Waals surface area contributed by atoms with Crippen molar-refractivity contribution in [3.05, 3.63) is 17.0 Å². The fourth-order valence-corrected chi connectivity index (χ4v) is 3.72. The number of thioether (sulfide) groups is 1. The lowest BCUT2D eigenvalue weighted by Gasteiger charge is -2.22. The predicted octanol–water partition coefficient (Wildman–Crippen LogP) is 3.51. The third kappa shape index (κ3) is 2.79. The maximum atomic E-state index is 12.2. The van der Waals surface area contributed by atoms with Gasteiger partial charge in [0.15, 0.2) is 5.78 Å². The summed E-state index contributed by atoms with van der Waals surface area (Å²) in [5, 5.41) is 4.63. The van der Waals surface area contributed by atoms with Gasteiger partial charge in [-0.25, -0.2) is 0 Å². The molecule has 100 valence electrons. The van der Waals surface area contributed by atoms with Gasteiger partial charge in [-0.2, -0.15) is 11.8 Å². The van der Waals surface area contributed by atoms with Crippen molar-refractivity contribution in [2.75, 3.05) is 5.75 Å². The van der Waals surface area contributed by atoms with Gasteiger partial charge in [0.2, 0.25) is 0 Å². The van der Waals surface area contributed by atoms with Crippen molar-refractivity contribution in [3.63, 3.8) is 0 Å². The Kier molecular flexibility index (Phi) is 4.49. The number of aromatic nitrogens is 1. The van der Waals surface area contributed by atoms with Crippen LogP contribution in [0.3, 0.4) is 0 Å². The first-order chi connectivity index (χ1) is 8.65. The fraction of sp³-hybridized carbons (Fsp3) is 0.714. The van der Waals surface area contributed by atoms with Gasteiger partial charge in [-0.15, -0.1) is 0 Å². The molecule has 0 bridgehead atoms. The van der Waals surface area contributed by atoms with Gasteiger partial charge in [-0.1, -0.05) is 25.9 Å². The van der Waals surface area contributed by atoms with Gasteiger partial charge in [-0.3, -0.25) is 4.79 Å². The number of nitrogens with zero attached hydrogens (tertiary/aromatic N) is 1. The highest BCUT2D eigenvalue weighted by atomic mass is 32.2. The maximum absolute atomic E-state index is 12.2. The van der Waals surface area contributed by atoms with Crippen molar-refractivity contribution in [1.82, 2.24) is 5.16 Å². The number of rotatable bonds is 5. The first-order valence-electron chi connectivity index (χ1n) is 6.77. The summed E-state index contributed by atoms with van der Waals surface area (Å²) in [6.45, 7) is 6.43. The molecule has 18 heavy (non-hydrogen) atoms. The average molecular weight is 267 g/mol. The molecular weight excluding hydrogens is 246 g/mol. The highest BCUT2D eigenvalue weighted by Crippen LogP contribution is 2.32. The molecule has 0 amide bonds. The van der Waals surface area contributed by atoms with Gasteiger partial charge >= 0.3 is 0 Å². The third-order valence-corrected chi connectivity index (χ3v) is 4.61. The first kappa shape index (κ1) is 13.7. The summed E-state index contributed by atoms with van der Waals surface area (Å²) >= 11 is 1.96. The molecule has 4 heteroatoms. The Morgan fingerprint density at radius 1 is 1.44 bits per heavy atom. The topological polar surface area (TPSA) is 43.1 Å². The molecule has 3 nitrogen and oxygen atoms in total. The van der Waals surface area contributed by atoms with E-state index in [1.165, 1.54) is 0 Å². The molecule has 1 aliphatic carbocycles. The Hall–Kier alpha value is -0.770. The Morgan fingerprint density at radius 2 is 2.22 bits per heavy atom. The van der Waals surface area contributed by atoms with Crippen LogP contribution in [0.4, 0.5) is 0 Å². The van der Waals surface area contributed by atoms with E-state index in [2.05, 4.69) is 19.0 Å². The van der Waals surface area contributed by atoms with Crippen molar-refractivity contribution < 1.29 is 9.32 Å². The van der Waals surface area contributed by atoms with Crippen molar-refractivity contribution in [1.29, 1.82) is 0 Å². The van der Waals surface area contributed by atoms with Gasteiger partial charge in [-0.05, 0) is 24.5 Å². The van der Waals surface area contributed by atoms with Crippen LogP contribution in [0.2, 0.25) is 0 Å². The second-order valence-electron chi connectivity index (χ2n) is 4.98. The van der Waals surface area contributed by atoms with Crippen LogP contribution in [0.15, 0.2) is 4.52 Å². The summed E-state index contributed by atoms with van der Waals surface area (Å²) in [7, 11) is 0. The van der Waals surface area contributed by atoms with E-state index in [-0.39, 0.29) is 5.78 Å². The number of carbonyl (C=O) groups is 1. The van der Waals surface area contributed by atoms with E-state index in [9.17, 15) is 4.79 Å². The fourth-order valence-electron chi connectivity index (χ4n) is 2.75. The lowest BCUT2D eigenvalue weighted by molar-refractivity contribution is 0.0940. The molecule has 1 aromatic heterocycles. The molecule has 1 aromatic rings. The van der Waals surface area contributed by atoms with Crippen molar-refractivity contribution in [3.8, 4) is 0 Å². The van der Waals surface area contributed by atoms with Crippen LogP contribution in [0, 0.1) is 5.92 Å². The van der Waals surface area contributed by atoms with Gasteiger partial charge in [0.1, 0.15) is 5.76 Å². The van der Waals surface area contributed by atoms with Gasteiger partial charge in [0.05, 0.1) is 11.3 Å². The Morgan fingerprint density at radius 3 is 2.89 bits per heavy atom. The van der Waals surface area contributed by atoms with Crippen molar-refractivity contribution in [2.45, 2.75) is 51.7 Å². The first-order valence-corrected chi connectivity index (χ1v) is 7.82. The van der Waals surface area contributed by atoms with Crippen LogP contribution >= 0.6 is 11.8 Å². The molecule has 0 saturated carbocycles. The number of hydrogen-bond donors (Lipinski definition) is 0. The molecule has 0 aromatic carbocycles. The summed E-state index contributed by atoms with van der Waals surface area (Å²) in [5.41, 5.74) is 1.62. The van der Waals surface area contributed by atoms with E-state index >= 15 is 0 Å². The number of aryl methyl sites for hydroxylation is 1. The normalized spacial score (nSPS) is 20.8. The average Bonchev–Trinajstić information content (AvgIpc) is 2.72. The number of carbonyl (C=O) groups excluding carboxylic acids is 1. The SMILES string of the molecule is CCS[C@H](C)C[C@H]1CC(=O)c2c(CC)noc2C1. The lowest BCUT2D eigenvalue weighted by Crippen LogP contribution is -2.22. The number of Topliss-reactive ketones (excluding diaryl/α,β-unsaturated/α-hetero) is 1. The summed E-state index contributed by atoms with van der Waals surface area (Å²) in [5.74, 6) is 2.61. The zero-order valence-electron chi connectivity index (χ0n) is 11.4. The van der Waals surface area contributed by atoms with Gasteiger partial charge in [0, 0.05) is 18.1 Å². The van der Waals surface area contributed by atoms with Crippen molar-refractivity contribution >= 4 is 17.5 Å². The molecule has 0 N–H and O–H groups in total. The zero-order valence-corrected chi connectivity index (χ0v) is 12.2. The minimum atomic E-state index is 0.230. The second-order valence-corrected chi connectivity index (χ2v) is 6.70. The molecule has 1 heterocycles. The molecule has 0 radical (unpaired) electrons. The molecule has 0 fully saturated rings. The smallest absolute Gasteiger partial charge is 0.168 e. The van der Waals surface area contributed by atoms with E-state index in [4.69, 9.17) is 4.52 Å². The third-order valence-electron chi connectivity index (χ3n) is 3.51. The predicted molar refractivity (Wildman–Crippen MR) is 74.2 cm³/mol. The monoisotopic (exact) mass is 267 g/mol. The van der Waals surface area contributed by atoms with Crippen LogP contribution in [-0.2, 0) is 12.8 Å². The zero-order chi connectivity index (χ0) is 13.1. The molecule has 0 saturated heterocycles. The molecule has 2 atom stereocenters. The summed E-state index contributed by atoms with van der Waals surface area (Å²) in [6, 6.07) is 0. The molecule has 0 unspecified atom stereocenters. The summed E-state index contributed by atoms with van der Waals surface area (Å²) in [4.78, 5) is 12.2. The van der Waals surface area contributed by atoms with Crippen LogP contribution in [0.1, 0.15) is 55.4 Å². The van der Waals surface area contributed by atoms with Crippen LogP contribution in [0.5, 0.6) is 0 Å². The highest BCUT2D eigenvalue weighted by molar-refractivity contribution is 7.99. The highest BCUT2D eigenvalue weighted by Gasteiger charge is 2.31. The van der Waals surface area contributed by atoms with Crippen LogP contribution in [-0.4, -0.2) is 21.9 Å². The Labute approximate surface area is 113 Å². The van der Waals surface area contributed by atoms with E-state index in [0.29, 0.717) is 17.6 Å². The number of ketones is 1. The molecular formula is C14H21NO2S. The minimum Gasteiger partial charge on any atom is -0.360 e. The number of fused-ring (bicyclic) bond motifs is 1. The Balaban J connectivity index is 2.07. The second kappa shape index (κ2) is 5.91. The van der Waals surface area contributed by atoms with E-state index < -0.39 is 0 Å². The lowest BCUT2D eigenvalue weighted by atomic mass is 9.83. The molecule has 2 rings (SSSR count). The Bertz CT molecular complexity index is 427. The van der Waals surface area contributed by atoms with Gasteiger partial charge in [0.25, 0.3) is 0 Å². The summed E-state index contributed by atoms with van der Waals surface area (Å²) in [6.07, 6.45) is 3.40. The maximum Gasteiger partial charge on any atom is 0.168 e. The minimum absolute atomic E-state index is 0.230. The van der Waals surface area contributed by atoms with Gasteiger partial charge < -0.3 is 4.52 Å².